The van der Waals surface area contributed by atoms with Gasteiger partial charge in [-0.2, -0.15) is 26.3 Å². The van der Waals surface area contributed by atoms with Gasteiger partial charge in [-0.1, -0.05) is 0 Å². The maximum Gasteiger partial charge on any atom is 0.416 e. The van der Waals surface area contributed by atoms with Gasteiger partial charge >= 0.3 is 12.4 Å². The molecule has 1 N–H and O–H groups in total. The molecule has 2 rings (SSSR count). The van der Waals surface area contributed by atoms with E-state index in [1.54, 1.807) is 0 Å². The molecule has 0 aliphatic rings. The second kappa shape index (κ2) is 10.2. The van der Waals surface area contributed by atoms with Crippen molar-refractivity contribution in [3.63, 3.8) is 0 Å². The van der Waals surface area contributed by atoms with E-state index < -0.39 is 67.0 Å². The smallest absolute Gasteiger partial charge is 0.355 e. The molecule has 9 nitrogen and oxygen atoms in total. The minimum atomic E-state index is -4.77. The van der Waals surface area contributed by atoms with Crippen molar-refractivity contribution in [3.05, 3.63) is 78.9 Å². The highest BCUT2D eigenvalue weighted by molar-refractivity contribution is 6.67. The summed E-state index contributed by atoms with van der Waals surface area (Å²) in [7, 11) is 1.22. The largest absolute Gasteiger partial charge is 0.416 e. The molecule has 2 aromatic carbocycles. The van der Waals surface area contributed by atoms with Crippen LogP contribution in [0.5, 0.6) is 0 Å². The fourth-order valence-electron chi connectivity index (χ4n) is 2.15. The van der Waals surface area contributed by atoms with Crippen LogP contribution in [-0.4, -0.2) is 28.0 Å². The van der Waals surface area contributed by atoms with Crippen LogP contribution < -0.4 is 5.32 Å². The Bertz CT molecular complexity index is 1070. The fourth-order valence-corrected chi connectivity index (χ4v) is 2.26. The number of nitro groups is 2. The van der Waals surface area contributed by atoms with Gasteiger partial charge < -0.3 is 5.32 Å². The number of hydrogen-bond acceptors (Lipinski definition) is 6. The van der Waals surface area contributed by atoms with Crippen LogP contribution in [0.2, 0.25) is 0 Å². The molecule has 0 radical (unpaired) electrons. The van der Waals surface area contributed by atoms with E-state index >= 15 is 0 Å². The molecular formula is C17H10ClF6N3O6. The summed E-state index contributed by atoms with van der Waals surface area (Å²) in [6, 6.07) is 3.21. The monoisotopic (exact) mass is 501 g/mol. The second-order valence-electron chi connectivity index (χ2n) is 5.90. The van der Waals surface area contributed by atoms with Crippen LogP contribution >= 0.6 is 11.6 Å². The molecule has 1 amide bonds. The van der Waals surface area contributed by atoms with E-state index in [0.717, 1.165) is 6.07 Å². The first kappa shape index (κ1) is 27.3. The van der Waals surface area contributed by atoms with E-state index in [2.05, 4.69) is 5.32 Å². The van der Waals surface area contributed by atoms with Gasteiger partial charge in [-0.25, -0.2) is 0 Å². The summed E-state index contributed by atoms with van der Waals surface area (Å²) < 4.78 is 74.2. The Balaban J connectivity index is 0.000000331. The zero-order valence-corrected chi connectivity index (χ0v) is 16.7. The van der Waals surface area contributed by atoms with E-state index in [0.29, 0.717) is 30.3 Å². The van der Waals surface area contributed by atoms with Crippen LogP contribution in [0, 0.1) is 20.2 Å². The van der Waals surface area contributed by atoms with E-state index in [1.807, 2.05) is 0 Å². The van der Waals surface area contributed by atoms with Crippen molar-refractivity contribution in [1.29, 1.82) is 0 Å². The number of rotatable bonds is 4. The zero-order valence-electron chi connectivity index (χ0n) is 16.0. The Kier molecular flexibility index (Phi) is 8.47. The zero-order chi connectivity index (χ0) is 25.7. The van der Waals surface area contributed by atoms with Gasteiger partial charge in [-0.15, -0.1) is 0 Å². The molecular weight excluding hydrogens is 492 g/mol. The van der Waals surface area contributed by atoms with E-state index in [1.165, 1.54) is 7.05 Å². The summed E-state index contributed by atoms with van der Waals surface area (Å²) >= 11 is 4.97. The van der Waals surface area contributed by atoms with Crippen molar-refractivity contribution in [2.24, 2.45) is 0 Å². The minimum Gasteiger partial charge on any atom is -0.355 e. The average Bonchev–Trinajstić information content (AvgIpc) is 2.71. The maximum atomic E-state index is 12.4. The Morgan fingerprint density at radius 1 is 0.788 bits per heavy atom. The lowest BCUT2D eigenvalue weighted by molar-refractivity contribution is -0.385. The number of non-ortho nitro benzene ring substituents is 2. The van der Waals surface area contributed by atoms with Gasteiger partial charge in [0.25, 0.3) is 22.5 Å². The first-order valence-corrected chi connectivity index (χ1v) is 8.50. The molecule has 0 saturated carbocycles. The lowest BCUT2D eigenvalue weighted by Gasteiger charge is -2.08. The second-order valence-corrected chi connectivity index (χ2v) is 6.24. The maximum absolute atomic E-state index is 12.4. The first-order chi connectivity index (χ1) is 15.0. The molecule has 0 aliphatic carbocycles. The number of benzene rings is 2. The standard InChI is InChI=1S/C9H7F3N2O3.C8H3ClF3NO3/c1-13-8(15)5-2-6(9(10,11)12)4-7(3-5)14(16)17;9-7(14)4-1-5(8(10,11)12)3-6(2-4)13(15)16/h2-4H,1H3,(H,13,15);1-3H. The van der Waals surface area contributed by atoms with E-state index in [-0.39, 0.29) is 0 Å². The Morgan fingerprint density at radius 2 is 1.15 bits per heavy atom. The number of halogens is 7. The molecule has 0 unspecified atom stereocenters. The van der Waals surface area contributed by atoms with E-state index in [9.17, 15) is 56.2 Å². The fraction of sp³-hybridized carbons (Fsp3) is 0.176. The minimum absolute atomic E-state index is 0.337. The van der Waals surface area contributed by atoms with Gasteiger partial charge in [0, 0.05) is 42.4 Å². The summed E-state index contributed by atoms with van der Waals surface area (Å²) in [6.07, 6.45) is -9.51. The molecule has 16 heteroatoms. The molecule has 0 spiro atoms. The van der Waals surface area contributed by atoms with Crippen molar-refractivity contribution in [2.45, 2.75) is 12.4 Å². The van der Waals surface area contributed by atoms with Crippen LogP contribution in [0.4, 0.5) is 37.7 Å². The first-order valence-electron chi connectivity index (χ1n) is 8.12. The topological polar surface area (TPSA) is 132 Å². The number of carbonyl (C=O) groups is 2. The Morgan fingerprint density at radius 3 is 1.45 bits per heavy atom. The van der Waals surface area contributed by atoms with Crippen LogP contribution in [0.15, 0.2) is 36.4 Å². The number of amides is 1. The molecule has 0 heterocycles. The number of hydrogen-bond donors (Lipinski definition) is 1. The van der Waals surface area contributed by atoms with Crippen LogP contribution in [-0.2, 0) is 12.4 Å². The number of nitrogens with zero attached hydrogens (tertiary/aromatic N) is 2. The van der Waals surface area contributed by atoms with Crippen LogP contribution in [0.25, 0.3) is 0 Å². The third-order valence-corrected chi connectivity index (χ3v) is 3.85. The number of nitrogens with one attached hydrogen (secondary N) is 1. The summed E-state index contributed by atoms with van der Waals surface area (Å²) in [6.45, 7) is 0. The third kappa shape index (κ3) is 7.71. The Hall–Kier alpha value is -3.75. The van der Waals surface area contributed by atoms with E-state index in [4.69, 9.17) is 11.6 Å². The van der Waals surface area contributed by atoms with Crippen molar-refractivity contribution in [3.8, 4) is 0 Å². The highest BCUT2D eigenvalue weighted by Gasteiger charge is 2.34. The van der Waals surface area contributed by atoms with Gasteiger partial charge in [0.15, 0.2) is 0 Å². The van der Waals surface area contributed by atoms with Crippen molar-refractivity contribution in [2.75, 3.05) is 7.05 Å². The molecule has 0 aromatic heterocycles. The summed E-state index contributed by atoms with van der Waals surface area (Å²) in [5.74, 6) is -0.820. The molecule has 0 atom stereocenters. The number of nitro benzene ring substituents is 2. The van der Waals surface area contributed by atoms with Crippen molar-refractivity contribution < 1.29 is 45.8 Å². The highest BCUT2D eigenvalue weighted by atomic mass is 35.5. The van der Waals surface area contributed by atoms with Crippen LogP contribution in [0.1, 0.15) is 31.8 Å². The van der Waals surface area contributed by atoms with Crippen molar-refractivity contribution in [1.82, 2.24) is 5.32 Å². The lowest BCUT2D eigenvalue weighted by atomic mass is 10.1. The normalized spacial score (nSPS) is 11.2. The summed E-state index contributed by atoms with van der Waals surface area (Å²) in [4.78, 5) is 40.6. The molecule has 0 saturated heterocycles. The third-order valence-electron chi connectivity index (χ3n) is 3.63. The molecule has 0 fully saturated rings. The van der Waals surface area contributed by atoms with Crippen molar-refractivity contribution >= 4 is 34.1 Å². The number of carbonyl (C=O) groups excluding carboxylic acids is 2. The lowest BCUT2D eigenvalue weighted by Crippen LogP contribution is -2.19. The summed E-state index contributed by atoms with van der Waals surface area (Å²) in [5, 5.41) is 21.7. The van der Waals surface area contributed by atoms with Gasteiger partial charge in [0.2, 0.25) is 0 Å². The average molecular weight is 502 g/mol. The van der Waals surface area contributed by atoms with Gasteiger partial charge in [-0.3, -0.25) is 29.8 Å². The van der Waals surface area contributed by atoms with Crippen LogP contribution in [0.3, 0.4) is 0 Å². The molecule has 178 valence electrons. The predicted molar refractivity (Wildman–Crippen MR) is 99.8 cm³/mol. The predicted octanol–water partition coefficient (Wildman–Crippen LogP) is 4.97. The van der Waals surface area contributed by atoms with Gasteiger partial charge in [-0.05, 0) is 23.7 Å². The van der Waals surface area contributed by atoms with Gasteiger partial charge in [0.1, 0.15) is 0 Å². The molecule has 33 heavy (non-hydrogen) atoms. The molecule has 2 aromatic rings. The number of alkyl halides is 6. The highest BCUT2D eigenvalue weighted by Crippen LogP contribution is 2.33. The van der Waals surface area contributed by atoms with Gasteiger partial charge in [0.05, 0.1) is 21.0 Å². The Labute approximate surface area is 184 Å². The summed E-state index contributed by atoms with van der Waals surface area (Å²) in [5.41, 5.74) is -5.11. The SMILES string of the molecule is CNC(=O)c1cc([N+](=O)[O-])cc(C(F)(F)F)c1.O=C(Cl)c1cc([N+](=O)[O-])cc(C(F)(F)F)c1. The molecule has 0 bridgehead atoms. The quantitative estimate of drug-likeness (QED) is 0.272. The molecule has 0 aliphatic heterocycles.